The van der Waals surface area contributed by atoms with Crippen LogP contribution < -0.4 is 5.32 Å². The van der Waals surface area contributed by atoms with Gasteiger partial charge in [-0.2, -0.15) is 0 Å². The lowest BCUT2D eigenvalue weighted by Gasteiger charge is -2.30. The first-order valence-corrected chi connectivity index (χ1v) is 8.35. The van der Waals surface area contributed by atoms with Crippen LogP contribution in [0.25, 0.3) is 0 Å². The number of hydrogen-bond donors (Lipinski definition) is 2. The van der Waals surface area contributed by atoms with Crippen molar-refractivity contribution in [2.45, 2.75) is 63.7 Å². The monoisotopic (exact) mass is 284 g/mol. The maximum Gasteiger partial charge on any atom is 0.0897 e. The highest BCUT2D eigenvalue weighted by molar-refractivity contribution is 4.77. The van der Waals surface area contributed by atoms with Gasteiger partial charge in [0.25, 0.3) is 0 Å². The van der Waals surface area contributed by atoms with Crippen LogP contribution in [0.1, 0.15) is 45.4 Å². The minimum Gasteiger partial charge on any atom is -0.389 e. The molecule has 1 saturated heterocycles. The third-order valence-electron chi connectivity index (χ3n) is 4.85. The molecule has 20 heavy (non-hydrogen) atoms. The number of aliphatic hydroxyl groups excluding tert-OH is 1. The number of aliphatic hydroxyl groups is 1. The van der Waals surface area contributed by atoms with Crippen LogP contribution in [0, 0.1) is 5.92 Å². The van der Waals surface area contributed by atoms with Crippen molar-refractivity contribution in [3.05, 3.63) is 0 Å². The zero-order valence-corrected chi connectivity index (χ0v) is 13.2. The van der Waals surface area contributed by atoms with Gasteiger partial charge in [0.15, 0.2) is 0 Å². The Balaban J connectivity index is 1.53. The molecule has 2 aliphatic rings. The smallest absolute Gasteiger partial charge is 0.0897 e. The summed E-state index contributed by atoms with van der Waals surface area (Å²) < 4.78 is 5.85. The van der Waals surface area contributed by atoms with Crippen molar-refractivity contribution in [2.75, 3.05) is 33.3 Å². The second-order valence-electron chi connectivity index (χ2n) is 6.85. The molecule has 0 spiro atoms. The molecule has 0 radical (unpaired) electrons. The Morgan fingerprint density at radius 2 is 1.80 bits per heavy atom. The van der Waals surface area contributed by atoms with E-state index >= 15 is 0 Å². The van der Waals surface area contributed by atoms with Crippen LogP contribution in [0.15, 0.2) is 0 Å². The minimum atomic E-state index is -0.367. The first-order chi connectivity index (χ1) is 9.63. The third-order valence-corrected chi connectivity index (χ3v) is 4.85. The van der Waals surface area contributed by atoms with Gasteiger partial charge in [0.1, 0.15) is 0 Å². The van der Waals surface area contributed by atoms with Crippen LogP contribution in [0.3, 0.4) is 0 Å². The average Bonchev–Trinajstić information content (AvgIpc) is 2.46. The second kappa shape index (κ2) is 8.32. The van der Waals surface area contributed by atoms with Crippen LogP contribution in [-0.2, 0) is 4.74 Å². The van der Waals surface area contributed by atoms with Gasteiger partial charge in [-0.25, -0.2) is 0 Å². The topological polar surface area (TPSA) is 44.7 Å². The number of rotatable bonds is 6. The molecule has 0 aromatic carbocycles. The van der Waals surface area contributed by atoms with Crippen LogP contribution in [0.5, 0.6) is 0 Å². The average molecular weight is 284 g/mol. The number of ether oxygens (including phenoxy) is 1. The molecule has 0 amide bonds. The molecule has 1 saturated carbocycles. The van der Waals surface area contributed by atoms with Crippen molar-refractivity contribution >= 4 is 0 Å². The predicted octanol–water partition coefficient (Wildman–Crippen LogP) is 1.63. The number of nitrogens with one attached hydrogen (secondary N) is 1. The molecular formula is C16H32N2O2. The summed E-state index contributed by atoms with van der Waals surface area (Å²) in [6.07, 6.45) is 7.25. The molecule has 1 unspecified atom stereocenters. The maximum absolute atomic E-state index is 10.0. The standard InChI is InChI=1S/C16H32N2O2/c1-13-3-5-16(6-4-13)20-12-15(19)11-17-14-7-9-18(2)10-8-14/h13-17,19H,3-12H2,1-2H3. The Hall–Kier alpha value is -0.160. The normalized spacial score (nSPS) is 31.4. The van der Waals surface area contributed by atoms with E-state index in [1.807, 2.05) is 0 Å². The van der Waals surface area contributed by atoms with Gasteiger partial charge < -0.3 is 20.1 Å². The van der Waals surface area contributed by atoms with E-state index in [2.05, 4.69) is 24.2 Å². The van der Waals surface area contributed by atoms with Gasteiger partial charge in [-0.15, -0.1) is 0 Å². The fourth-order valence-electron chi connectivity index (χ4n) is 3.22. The Morgan fingerprint density at radius 3 is 2.45 bits per heavy atom. The molecule has 4 nitrogen and oxygen atoms in total. The lowest BCUT2D eigenvalue weighted by molar-refractivity contribution is -0.0287. The van der Waals surface area contributed by atoms with E-state index in [1.165, 1.54) is 25.7 Å². The van der Waals surface area contributed by atoms with Gasteiger partial charge in [0.05, 0.1) is 18.8 Å². The SMILES string of the molecule is CC1CCC(OCC(O)CNC2CCN(C)CC2)CC1. The molecule has 1 aliphatic heterocycles. The minimum absolute atomic E-state index is 0.367. The molecule has 118 valence electrons. The molecule has 1 aliphatic carbocycles. The molecular weight excluding hydrogens is 252 g/mol. The lowest BCUT2D eigenvalue weighted by Crippen LogP contribution is -2.44. The fraction of sp³-hybridized carbons (Fsp3) is 1.00. The summed E-state index contributed by atoms with van der Waals surface area (Å²) in [5, 5.41) is 13.5. The fourth-order valence-corrected chi connectivity index (χ4v) is 3.22. The van der Waals surface area contributed by atoms with Gasteiger partial charge in [-0.05, 0) is 64.6 Å². The van der Waals surface area contributed by atoms with E-state index in [-0.39, 0.29) is 6.10 Å². The molecule has 2 fully saturated rings. The number of nitrogens with zero attached hydrogens (tertiary/aromatic N) is 1. The van der Waals surface area contributed by atoms with Crippen molar-refractivity contribution < 1.29 is 9.84 Å². The van der Waals surface area contributed by atoms with E-state index < -0.39 is 0 Å². The van der Waals surface area contributed by atoms with Crippen molar-refractivity contribution in [2.24, 2.45) is 5.92 Å². The van der Waals surface area contributed by atoms with Crippen molar-refractivity contribution in [3.63, 3.8) is 0 Å². The third kappa shape index (κ3) is 5.68. The maximum atomic E-state index is 10.0. The van der Waals surface area contributed by atoms with E-state index in [9.17, 15) is 5.11 Å². The van der Waals surface area contributed by atoms with E-state index in [0.717, 1.165) is 31.8 Å². The number of likely N-dealkylation sites (tertiary alicyclic amines) is 1. The largest absolute Gasteiger partial charge is 0.389 e. The highest BCUT2D eigenvalue weighted by Gasteiger charge is 2.20. The zero-order chi connectivity index (χ0) is 14.4. The number of piperidine rings is 1. The zero-order valence-electron chi connectivity index (χ0n) is 13.2. The van der Waals surface area contributed by atoms with Crippen LogP contribution in [-0.4, -0.2) is 61.5 Å². The summed E-state index contributed by atoms with van der Waals surface area (Å²) in [5.41, 5.74) is 0. The van der Waals surface area contributed by atoms with Crippen molar-refractivity contribution in [1.29, 1.82) is 0 Å². The van der Waals surface area contributed by atoms with Gasteiger partial charge in [-0.1, -0.05) is 6.92 Å². The second-order valence-corrected chi connectivity index (χ2v) is 6.85. The van der Waals surface area contributed by atoms with E-state index in [0.29, 0.717) is 25.3 Å². The van der Waals surface area contributed by atoms with Crippen LogP contribution in [0.2, 0.25) is 0 Å². The van der Waals surface area contributed by atoms with E-state index in [1.54, 1.807) is 0 Å². The number of hydrogen-bond acceptors (Lipinski definition) is 4. The Morgan fingerprint density at radius 1 is 1.15 bits per heavy atom. The molecule has 2 rings (SSSR count). The summed E-state index contributed by atoms with van der Waals surface area (Å²) >= 11 is 0. The Bertz CT molecular complexity index is 233. The molecule has 0 aromatic heterocycles. The first kappa shape index (κ1) is 16.2. The molecule has 0 aromatic rings. The summed E-state index contributed by atoms with van der Waals surface area (Å²) in [5.74, 6) is 0.853. The molecule has 1 heterocycles. The van der Waals surface area contributed by atoms with Gasteiger partial charge >= 0.3 is 0 Å². The Labute approximate surface area is 123 Å². The first-order valence-electron chi connectivity index (χ1n) is 8.35. The predicted molar refractivity (Wildman–Crippen MR) is 81.9 cm³/mol. The Kier molecular flexibility index (Phi) is 6.75. The molecule has 2 N–H and O–H groups in total. The summed E-state index contributed by atoms with van der Waals surface area (Å²) in [7, 11) is 2.17. The van der Waals surface area contributed by atoms with Gasteiger partial charge in [0.2, 0.25) is 0 Å². The van der Waals surface area contributed by atoms with Crippen molar-refractivity contribution in [3.8, 4) is 0 Å². The van der Waals surface area contributed by atoms with Gasteiger partial charge in [0, 0.05) is 12.6 Å². The van der Waals surface area contributed by atoms with Crippen LogP contribution in [0.4, 0.5) is 0 Å². The molecule has 0 bridgehead atoms. The lowest BCUT2D eigenvalue weighted by atomic mass is 9.89. The molecule has 1 atom stereocenters. The summed E-state index contributed by atoms with van der Waals surface area (Å²) in [6.45, 7) is 5.78. The summed E-state index contributed by atoms with van der Waals surface area (Å²) in [6, 6.07) is 0.566. The van der Waals surface area contributed by atoms with Crippen LogP contribution >= 0.6 is 0 Å². The van der Waals surface area contributed by atoms with Crippen molar-refractivity contribution in [1.82, 2.24) is 10.2 Å². The molecule has 4 heteroatoms. The quantitative estimate of drug-likeness (QED) is 0.778. The van der Waals surface area contributed by atoms with E-state index in [4.69, 9.17) is 4.74 Å². The highest BCUT2D eigenvalue weighted by Crippen LogP contribution is 2.25. The highest BCUT2D eigenvalue weighted by atomic mass is 16.5. The summed E-state index contributed by atoms with van der Waals surface area (Å²) in [4.78, 5) is 2.36. The van der Waals surface area contributed by atoms with Gasteiger partial charge in [-0.3, -0.25) is 0 Å².